The molecule has 86 valence electrons. The van der Waals surface area contributed by atoms with Gasteiger partial charge in [0.25, 0.3) is 0 Å². The van der Waals surface area contributed by atoms with Crippen molar-refractivity contribution in [1.82, 2.24) is 10.2 Å². The van der Waals surface area contributed by atoms with Gasteiger partial charge in [0, 0.05) is 17.3 Å². The summed E-state index contributed by atoms with van der Waals surface area (Å²) in [4.78, 5) is 0. The van der Waals surface area contributed by atoms with E-state index >= 15 is 0 Å². The van der Waals surface area contributed by atoms with Gasteiger partial charge in [0.15, 0.2) is 5.82 Å². The molecule has 0 bridgehead atoms. The van der Waals surface area contributed by atoms with Crippen LogP contribution in [0.1, 0.15) is 45.4 Å². The van der Waals surface area contributed by atoms with Gasteiger partial charge < -0.3 is 5.32 Å². The van der Waals surface area contributed by atoms with Crippen LogP contribution in [0.2, 0.25) is 0 Å². The van der Waals surface area contributed by atoms with Gasteiger partial charge in [-0.2, -0.15) is 5.10 Å². The Morgan fingerprint density at radius 2 is 2.00 bits per heavy atom. The zero-order valence-corrected chi connectivity index (χ0v) is 10.5. The van der Waals surface area contributed by atoms with Gasteiger partial charge in [-0.15, -0.1) is 0 Å². The average Bonchev–Trinajstić information content (AvgIpc) is 2.55. The van der Waals surface area contributed by atoms with Crippen LogP contribution in [-0.4, -0.2) is 16.2 Å². The van der Waals surface area contributed by atoms with Crippen molar-refractivity contribution in [3.05, 3.63) is 11.3 Å². The minimum Gasteiger partial charge on any atom is -0.365 e. The summed E-state index contributed by atoms with van der Waals surface area (Å²) in [7, 11) is 0. The van der Waals surface area contributed by atoms with E-state index in [1.807, 2.05) is 0 Å². The van der Waals surface area contributed by atoms with E-state index in [2.05, 4.69) is 50.1 Å². The fourth-order valence-electron chi connectivity index (χ4n) is 1.83. The molecule has 0 aromatic carbocycles. The summed E-state index contributed by atoms with van der Waals surface area (Å²) >= 11 is 0. The normalized spacial score (nSPS) is 13.2. The summed E-state index contributed by atoms with van der Waals surface area (Å²) < 4.78 is 0. The maximum Gasteiger partial charge on any atom is 0.151 e. The van der Waals surface area contributed by atoms with Crippen LogP contribution in [0.25, 0.3) is 0 Å². The number of anilines is 1. The molecule has 0 fully saturated rings. The van der Waals surface area contributed by atoms with Crippen LogP contribution in [0.15, 0.2) is 0 Å². The molecule has 1 rings (SSSR count). The molecule has 0 saturated heterocycles. The molecular formula is C12H23N3. The first kappa shape index (κ1) is 12.1. The molecular weight excluding hydrogens is 186 g/mol. The lowest BCUT2D eigenvalue weighted by atomic mass is 10.0. The molecule has 3 heteroatoms. The third-order valence-corrected chi connectivity index (χ3v) is 3.03. The molecule has 2 N–H and O–H groups in total. The number of H-pyrrole nitrogens is 1. The van der Waals surface area contributed by atoms with Crippen LogP contribution in [0.4, 0.5) is 5.82 Å². The quantitative estimate of drug-likeness (QED) is 0.782. The second-order valence-electron chi connectivity index (χ2n) is 4.43. The maximum absolute atomic E-state index is 4.32. The van der Waals surface area contributed by atoms with Crippen molar-refractivity contribution in [3.63, 3.8) is 0 Å². The van der Waals surface area contributed by atoms with Crippen LogP contribution in [0, 0.1) is 12.8 Å². The Morgan fingerprint density at radius 3 is 2.40 bits per heavy atom. The highest BCUT2D eigenvalue weighted by atomic mass is 15.2. The van der Waals surface area contributed by atoms with E-state index in [-0.39, 0.29) is 0 Å². The smallest absolute Gasteiger partial charge is 0.151 e. The largest absolute Gasteiger partial charge is 0.365 e. The second-order valence-corrected chi connectivity index (χ2v) is 4.43. The first-order chi connectivity index (χ1) is 7.10. The molecule has 0 amide bonds. The highest BCUT2D eigenvalue weighted by molar-refractivity contribution is 5.46. The van der Waals surface area contributed by atoms with Gasteiger partial charge >= 0.3 is 0 Å². The Kier molecular flexibility index (Phi) is 4.18. The third-order valence-electron chi connectivity index (χ3n) is 3.03. The number of nitrogens with one attached hydrogen (secondary N) is 2. The zero-order valence-electron chi connectivity index (χ0n) is 10.5. The van der Waals surface area contributed by atoms with Gasteiger partial charge in [-0.1, -0.05) is 27.7 Å². The summed E-state index contributed by atoms with van der Waals surface area (Å²) in [6.45, 7) is 11.0. The molecule has 1 heterocycles. The number of nitrogens with zero attached hydrogens (tertiary/aromatic N) is 1. The van der Waals surface area contributed by atoms with Gasteiger partial charge in [-0.3, -0.25) is 5.10 Å². The monoisotopic (exact) mass is 209 g/mol. The number of hydrogen-bond acceptors (Lipinski definition) is 2. The predicted octanol–water partition coefficient (Wildman–Crippen LogP) is 3.13. The van der Waals surface area contributed by atoms with Gasteiger partial charge in [-0.05, 0) is 25.7 Å². The molecule has 1 unspecified atom stereocenters. The van der Waals surface area contributed by atoms with E-state index in [1.165, 1.54) is 11.3 Å². The Labute approximate surface area is 92.7 Å². The van der Waals surface area contributed by atoms with Crippen molar-refractivity contribution in [3.8, 4) is 0 Å². The van der Waals surface area contributed by atoms with E-state index in [9.17, 15) is 0 Å². The molecule has 0 aliphatic rings. The Hall–Kier alpha value is -0.990. The van der Waals surface area contributed by atoms with Crippen molar-refractivity contribution >= 4 is 5.82 Å². The van der Waals surface area contributed by atoms with Crippen molar-refractivity contribution in [2.75, 3.05) is 5.32 Å². The Bertz CT molecular complexity index is 302. The van der Waals surface area contributed by atoms with Crippen molar-refractivity contribution in [2.45, 2.75) is 53.5 Å². The van der Waals surface area contributed by atoms with Gasteiger partial charge in [0.2, 0.25) is 0 Å². The van der Waals surface area contributed by atoms with E-state index < -0.39 is 0 Å². The molecule has 15 heavy (non-hydrogen) atoms. The van der Waals surface area contributed by atoms with E-state index in [1.54, 1.807) is 0 Å². The Morgan fingerprint density at radius 1 is 1.33 bits per heavy atom. The van der Waals surface area contributed by atoms with Crippen molar-refractivity contribution in [1.29, 1.82) is 0 Å². The molecule has 0 spiro atoms. The van der Waals surface area contributed by atoms with Crippen LogP contribution in [0.5, 0.6) is 0 Å². The summed E-state index contributed by atoms with van der Waals surface area (Å²) in [5.74, 6) is 1.66. The van der Waals surface area contributed by atoms with Crippen LogP contribution in [0.3, 0.4) is 0 Å². The van der Waals surface area contributed by atoms with Gasteiger partial charge in [0.1, 0.15) is 0 Å². The lowest BCUT2D eigenvalue weighted by Crippen LogP contribution is -2.25. The van der Waals surface area contributed by atoms with Crippen LogP contribution >= 0.6 is 0 Å². The fourth-order valence-corrected chi connectivity index (χ4v) is 1.83. The molecule has 1 aromatic heterocycles. The topological polar surface area (TPSA) is 40.7 Å². The second kappa shape index (κ2) is 5.19. The number of rotatable bonds is 5. The summed E-state index contributed by atoms with van der Waals surface area (Å²) in [5.41, 5.74) is 2.49. The average molecular weight is 209 g/mol. The Balaban J connectivity index is 2.75. The third kappa shape index (κ3) is 2.74. The van der Waals surface area contributed by atoms with Gasteiger partial charge in [0.05, 0.1) is 0 Å². The summed E-state index contributed by atoms with van der Waals surface area (Å²) in [6.07, 6.45) is 2.14. The molecule has 1 atom stereocenters. The highest BCUT2D eigenvalue weighted by Gasteiger charge is 2.14. The van der Waals surface area contributed by atoms with Crippen LogP contribution < -0.4 is 5.32 Å². The van der Waals surface area contributed by atoms with E-state index in [0.29, 0.717) is 12.0 Å². The van der Waals surface area contributed by atoms with Crippen molar-refractivity contribution in [2.24, 2.45) is 5.92 Å². The lowest BCUT2D eigenvalue weighted by Gasteiger charge is -2.20. The molecule has 0 saturated carbocycles. The highest BCUT2D eigenvalue weighted by Crippen LogP contribution is 2.19. The minimum absolute atomic E-state index is 0.511. The number of aryl methyl sites for hydroxylation is 1. The molecule has 3 nitrogen and oxygen atoms in total. The van der Waals surface area contributed by atoms with Crippen LogP contribution in [-0.2, 0) is 6.42 Å². The maximum atomic E-state index is 4.32. The molecule has 1 aromatic rings. The fraction of sp³-hybridized carbons (Fsp3) is 0.750. The number of aromatic amines is 1. The van der Waals surface area contributed by atoms with E-state index in [4.69, 9.17) is 0 Å². The zero-order chi connectivity index (χ0) is 11.4. The first-order valence-corrected chi connectivity index (χ1v) is 5.90. The SMILES string of the molecule is CCc1[nH]nc(NC(CC)C(C)C)c1C. The van der Waals surface area contributed by atoms with E-state index in [0.717, 1.165) is 18.7 Å². The summed E-state index contributed by atoms with van der Waals surface area (Å²) in [6, 6.07) is 0.511. The lowest BCUT2D eigenvalue weighted by molar-refractivity contribution is 0.509. The van der Waals surface area contributed by atoms with Gasteiger partial charge in [-0.25, -0.2) is 0 Å². The van der Waals surface area contributed by atoms with Crippen molar-refractivity contribution < 1.29 is 0 Å². The summed E-state index contributed by atoms with van der Waals surface area (Å²) in [5, 5.41) is 10.9. The predicted molar refractivity (Wildman–Crippen MR) is 65.2 cm³/mol. The number of aromatic nitrogens is 2. The number of hydrogen-bond donors (Lipinski definition) is 2. The minimum atomic E-state index is 0.511. The molecule has 0 aliphatic heterocycles. The standard InChI is InChI=1S/C12H23N3/c1-6-10(8(3)4)13-12-9(5)11(7-2)14-15-12/h8,10H,6-7H2,1-5H3,(H2,13,14,15). The first-order valence-electron chi connectivity index (χ1n) is 5.90. The molecule has 0 aliphatic carbocycles. The molecule has 0 radical (unpaired) electrons.